The monoisotopic (exact) mass is 389 g/mol. The van der Waals surface area contributed by atoms with E-state index < -0.39 is 0 Å². The Kier molecular flexibility index (Phi) is 4.09. The molecule has 148 valence electrons. The van der Waals surface area contributed by atoms with Crippen LogP contribution in [-0.4, -0.2) is 49.7 Å². The molecule has 1 aliphatic heterocycles. The number of rotatable bonds is 2. The summed E-state index contributed by atoms with van der Waals surface area (Å²) < 4.78 is 3.36. The highest BCUT2D eigenvalue weighted by molar-refractivity contribution is 5.62. The molecule has 4 aromatic rings. The number of imidazole rings is 1. The molecule has 4 aromatic heterocycles. The van der Waals surface area contributed by atoms with E-state index in [1.165, 1.54) is 0 Å². The first-order valence-electron chi connectivity index (χ1n) is 9.84. The summed E-state index contributed by atoms with van der Waals surface area (Å²) in [5.74, 6) is 0. The number of nitrogens with one attached hydrogen (secondary N) is 1. The summed E-state index contributed by atoms with van der Waals surface area (Å²) in [6.45, 7) is 8.86. The summed E-state index contributed by atoms with van der Waals surface area (Å²) in [6, 6.07) is 7.84. The first kappa shape index (κ1) is 17.8. The van der Waals surface area contributed by atoms with Gasteiger partial charge in [0.05, 0.1) is 23.3 Å². The number of aryl methyl sites for hydroxylation is 2. The van der Waals surface area contributed by atoms with Crippen LogP contribution in [0.4, 0.5) is 5.69 Å². The van der Waals surface area contributed by atoms with E-state index >= 15 is 0 Å². The first-order chi connectivity index (χ1) is 14.0. The van der Waals surface area contributed by atoms with Crippen molar-refractivity contribution < 1.29 is 0 Å². The second-order valence-corrected chi connectivity index (χ2v) is 7.76. The van der Waals surface area contributed by atoms with Gasteiger partial charge in [0.15, 0.2) is 5.65 Å². The fraction of sp³-hybridized carbons (Fsp3) is 0.333. The van der Waals surface area contributed by atoms with Crippen LogP contribution in [0.15, 0.2) is 41.5 Å². The minimum atomic E-state index is -0.114. The highest BCUT2D eigenvalue weighted by Gasteiger charge is 2.17. The molecule has 5 rings (SSSR count). The fourth-order valence-corrected chi connectivity index (χ4v) is 3.95. The molecule has 0 saturated carbocycles. The van der Waals surface area contributed by atoms with Crippen LogP contribution in [0.2, 0.25) is 0 Å². The number of hydrogen-bond donors (Lipinski definition) is 1. The van der Waals surface area contributed by atoms with Gasteiger partial charge in [-0.25, -0.2) is 14.5 Å². The van der Waals surface area contributed by atoms with Crippen molar-refractivity contribution in [1.82, 2.24) is 29.3 Å². The maximum Gasteiger partial charge on any atom is 0.258 e. The van der Waals surface area contributed by atoms with Crippen molar-refractivity contribution >= 4 is 17.0 Å². The number of fused-ring (bicyclic) bond motifs is 2. The molecule has 8 nitrogen and oxygen atoms in total. The van der Waals surface area contributed by atoms with Gasteiger partial charge in [0.25, 0.3) is 5.56 Å². The molecule has 1 aliphatic rings. The maximum atomic E-state index is 12.9. The van der Waals surface area contributed by atoms with Crippen LogP contribution in [0.5, 0.6) is 0 Å². The van der Waals surface area contributed by atoms with Crippen molar-refractivity contribution in [2.45, 2.75) is 26.8 Å². The minimum Gasteiger partial charge on any atom is -0.368 e. The molecular formula is C21H23N7O. The summed E-state index contributed by atoms with van der Waals surface area (Å²) in [7, 11) is 0. The van der Waals surface area contributed by atoms with Crippen molar-refractivity contribution in [3.8, 4) is 11.4 Å². The number of pyridine rings is 1. The molecule has 1 N–H and O–H groups in total. The van der Waals surface area contributed by atoms with Crippen LogP contribution < -0.4 is 15.8 Å². The third kappa shape index (κ3) is 3.15. The van der Waals surface area contributed by atoms with E-state index in [1.54, 1.807) is 15.0 Å². The van der Waals surface area contributed by atoms with Crippen LogP contribution >= 0.6 is 0 Å². The number of aromatic nitrogens is 5. The largest absolute Gasteiger partial charge is 0.368 e. The fourth-order valence-electron chi connectivity index (χ4n) is 3.95. The zero-order chi connectivity index (χ0) is 20.1. The molecule has 0 radical (unpaired) electrons. The molecule has 0 unspecified atom stereocenters. The molecule has 5 heterocycles. The third-order valence-corrected chi connectivity index (χ3v) is 5.37. The van der Waals surface area contributed by atoms with Gasteiger partial charge in [-0.15, -0.1) is 0 Å². The van der Waals surface area contributed by atoms with E-state index in [0.717, 1.165) is 42.2 Å². The molecule has 0 aliphatic carbocycles. The van der Waals surface area contributed by atoms with Crippen molar-refractivity contribution in [3.05, 3.63) is 58.3 Å². The van der Waals surface area contributed by atoms with Crippen LogP contribution in [-0.2, 0) is 0 Å². The molecule has 0 aromatic carbocycles. The number of nitrogens with zero attached hydrogens (tertiary/aromatic N) is 6. The predicted octanol–water partition coefficient (Wildman–Crippen LogP) is 1.82. The normalized spacial score (nSPS) is 17.3. The number of anilines is 1. The van der Waals surface area contributed by atoms with Crippen LogP contribution in [0.25, 0.3) is 22.7 Å². The van der Waals surface area contributed by atoms with Crippen molar-refractivity contribution in [2.75, 3.05) is 24.5 Å². The van der Waals surface area contributed by atoms with Crippen molar-refractivity contribution in [1.29, 1.82) is 0 Å². The molecule has 0 amide bonds. The summed E-state index contributed by atoms with van der Waals surface area (Å²) in [5.41, 5.74) is 5.47. The SMILES string of the molecule is Cc1cn2nc(-c3cc(=O)n4cc(N5CCN[C@@H](C)C5)ccc4n3)cc(C)c2n1. The number of piperazine rings is 1. The van der Waals surface area contributed by atoms with Gasteiger partial charge in [-0.05, 0) is 44.5 Å². The van der Waals surface area contributed by atoms with E-state index in [2.05, 4.69) is 27.2 Å². The van der Waals surface area contributed by atoms with E-state index in [9.17, 15) is 4.79 Å². The van der Waals surface area contributed by atoms with E-state index in [1.807, 2.05) is 44.4 Å². The third-order valence-electron chi connectivity index (χ3n) is 5.37. The average Bonchev–Trinajstić information content (AvgIpc) is 3.08. The van der Waals surface area contributed by atoms with Crippen LogP contribution in [0.3, 0.4) is 0 Å². The van der Waals surface area contributed by atoms with Crippen LogP contribution in [0.1, 0.15) is 18.2 Å². The van der Waals surface area contributed by atoms with Gasteiger partial charge >= 0.3 is 0 Å². The molecule has 0 spiro atoms. The van der Waals surface area contributed by atoms with Crippen LogP contribution in [0, 0.1) is 13.8 Å². The molecule has 0 bridgehead atoms. The van der Waals surface area contributed by atoms with Crippen molar-refractivity contribution in [2.24, 2.45) is 0 Å². The minimum absolute atomic E-state index is 0.114. The Hall–Kier alpha value is -3.26. The van der Waals surface area contributed by atoms with Crippen molar-refractivity contribution in [3.63, 3.8) is 0 Å². The lowest BCUT2D eigenvalue weighted by molar-refractivity contribution is 0.484. The molecule has 1 atom stereocenters. The number of hydrogen-bond acceptors (Lipinski definition) is 6. The van der Waals surface area contributed by atoms with Gasteiger partial charge in [0.1, 0.15) is 11.3 Å². The lowest BCUT2D eigenvalue weighted by Crippen LogP contribution is -2.49. The predicted molar refractivity (Wildman–Crippen MR) is 113 cm³/mol. The summed E-state index contributed by atoms with van der Waals surface area (Å²) in [6.07, 6.45) is 3.76. The summed E-state index contributed by atoms with van der Waals surface area (Å²) in [4.78, 5) is 24.3. The van der Waals surface area contributed by atoms with E-state index in [-0.39, 0.29) is 5.56 Å². The van der Waals surface area contributed by atoms with E-state index in [0.29, 0.717) is 23.1 Å². The van der Waals surface area contributed by atoms with Gasteiger partial charge in [0, 0.05) is 37.9 Å². The Bertz CT molecular complexity index is 1290. The molecular weight excluding hydrogens is 366 g/mol. The topological polar surface area (TPSA) is 79.8 Å². The van der Waals surface area contributed by atoms with Gasteiger partial charge < -0.3 is 10.2 Å². The van der Waals surface area contributed by atoms with Gasteiger partial charge in [-0.2, -0.15) is 5.10 Å². The van der Waals surface area contributed by atoms with Gasteiger partial charge in [0.2, 0.25) is 0 Å². The molecule has 8 heteroatoms. The lowest BCUT2D eigenvalue weighted by Gasteiger charge is -2.33. The zero-order valence-electron chi connectivity index (χ0n) is 16.8. The zero-order valence-corrected chi connectivity index (χ0v) is 16.8. The average molecular weight is 389 g/mol. The highest BCUT2D eigenvalue weighted by Crippen LogP contribution is 2.20. The quantitative estimate of drug-likeness (QED) is 0.563. The Morgan fingerprint density at radius 1 is 1.10 bits per heavy atom. The lowest BCUT2D eigenvalue weighted by atomic mass is 10.2. The maximum absolute atomic E-state index is 12.9. The highest BCUT2D eigenvalue weighted by atomic mass is 16.1. The Morgan fingerprint density at radius 2 is 1.97 bits per heavy atom. The Labute approximate surface area is 167 Å². The summed E-state index contributed by atoms with van der Waals surface area (Å²) >= 11 is 0. The van der Waals surface area contributed by atoms with Gasteiger partial charge in [-0.3, -0.25) is 9.20 Å². The Balaban J connectivity index is 1.58. The second kappa shape index (κ2) is 6.66. The first-order valence-corrected chi connectivity index (χ1v) is 9.84. The van der Waals surface area contributed by atoms with Gasteiger partial charge in [-0.1, -0.05) is 0 Å². The second-order valence-electron chi connectivity index (χ2n) is 7.76. The standard InChI is InChI=1S/C21H23N7O/c1-13-8-18(25-28-11-15(3)23-21(13)28)17-9-20(29)27-12-16(4-5-19(27)24-17)26-7-6-22-14(2)10-26/h4-5,8-9,11-12,14,22H,6-7,10H2,1-3H3/t14-/m0/s1. The molecule has 29 heavy (non-hydrogen) atoms. The summed E-state index contributed by atoms with van der Waals surface area (Å²) in [5, 5.41) is 8.04. The smallest absolute Gasteiger partial charge is 0.258 e. The molecule has 1 fully saturated rings. The Morgan fingerprint density at radius 3 is 2.79 bits per heavy atom. The molecule has 1 saturated heterocycles. The van der Waals surface area contributed by atoms with E-state index in [4.69, 9.17) is 4.98 Å².